The molecule has 0 aliphatic rings. The fourth-order valence-corrected chi connectivity index (χ4v) is 2.50. The molecule has 0 aliphatic carbocycles. The molecule has 0 bridgehead atoms. The third-order valence-electron chi connectivity index (χ3n) is 2.56. The van der Waals surface area contributed by atoms with Gasteiger partial charge in [-0.3, -0.25) is 0 Å². The van der Waals surface area contributed by atoms with Gasteiger partial charge in [0.25, 0.3) is 0 Å². The molecule has 0 saturated carbocycles. The van der Waals surface area contributed by atoms with E-state index < -0.39 is 10.1 Å². The molecule has 0 aliphatic heterocycles. The summed E-state index contributed by atoms with van der Waals surface area (Å²) in [5.41, 5.74) is 0.855. The van der Waals surface area contributed by atoms with E-state index in [0.29, 0.717) is 11.8 Å². The molecule has 0 aromatic heterocycles. The molecule has 0 saturated heterocycles. The van der Waals surface area contributed by atoms with Gasteiger partial charge in [-0.15, -0.1) is 0 Å². The van der Waals surface area contributed by atoms with Crippen molar-refractivity contribution >= 4 is 20.9 Å². The summed E-state index contributed by atoms with van der Waals surface area (Å²) in [4.78, 5) is -0.123. The first-order chi connectivity index (χ1) is 7.52. The van der Waals surface area contributed by atoms with Crippen molar-refractivity contribution in [2.45, 2.75) is 18.2 Å². The van der Waals surface area contributed by atoms with Gasteiger partial charge in [-0.1, -0.05) is 37.3 Å². The summed E-state index contributed by atoms with van der Waals surface area (Å²) in [7, 11) is -4.41. The van der Waals surface area contributed by atoms with Gasteiger partial charge in [0.15, 0.2) is 0 Å². The molecular formula is C12H11NaO3S. The second-order valence-corrected chi connectivity index (χ2v) is 4.97. The molecule has 0 N–H and O–H groups in total. The van der Waals surface area contributed by atoms with Gasteiger partial charge in [-0.25, -0.2) is 8.42 Å². The van der Waals surface area contributed by atoms with Crippen LogP contribution in [0.1, 0.15) is 12.5 Å². The second-order valence-electron chi connectivity index (χ2n) is 3.62. The van der Waals surface area contributed by atoms with Crippen molar-refractivity contribution in [2.75, 3.05) is 0 Å². The van der Waals surface area contributed by atoms with Crippen molar-refractivity contribution in [3.05, 3.63) is 42.0 Å². The topological polar surface area (TPSA) is 57.2 Å². The van der Waals surface area contributed by atoms with Gasteiger partial charge in [-0.05, 0) is 28.8 Å². The molecule has 3 nitrogen and oxygen atoms in total. The smallest absolute Gasteiger partial charge is 0.744 e. The van der Waals surface area contributed by atoms with Crippen LogP contribution in [0, 0.1) is 0 Å². The zero-order valence-corrected chi connectivity index (χ0v) is 12.6. The van der Waals surface area contributed by atoms with E-state index in [1.54, 1.807) is 12.1 Å². The molecule has 0 amide bonds. The third kappa shape index (κ3) is 3.09. The van der Waals surface area contributed by atoms with Crippen LogP contribution in [-0.2, 0) is 16.5 Å². The molecule has 0 fully saturated rings. The number of hydrogen-bond donors (Lipinski definition) is 0. The fraction of sp³-hybridized carbons (Fsp3) is 0.167. The molecule has 0 heterocycles. The van der Waals surface area contributed by atoms with Gasteiger partial charge in [0, 0.05) is 0 Å². The average molecular weight is 258 g/mol. The molecule has 5 heteroatoms. The molecule has 0 unspecified atom stereocenters. The zero-order valence-electron chi connectivity index (χ0n) is 9.80. The number of rotatable bonds is 2. The summed E-state index contributed by atoms with van der Waals surface area (Å²) >= 11 is 0. The Morgan fingerprint density at radius 3 is 2.41 bits per heavy atom. The molecule has 0 radical (unpaired) electrons. The van der Waals surface area contributed by atoms with Gasteiger partial charge in [0.1, 0.15) is 10.1 Å². The summed E-state index contributed by atoms with van der Waals surface area (Å²) in [6.07, 6.45) is 0.702. The summed E-state index contributed by atoms with van der Waals surface area (Å²) in [5.74, 6) is 0. The van der Waals surface area contributed by atoms with Gasteiger partial charge in [-0.2, -0.15) is 0 Å². The first-order valence-electron chi connectivity index (χ1n) is 5.00. The summed E-state index contributed by atoms with van der Waals surface area (Å²) in [6.45, 7) is 1.92. The van der Waals surface area contributed by atoms with Crippen molar-refractivity contribution in [1.82, 2.24) is 0 Å². The van der Waals surface area contributed by atoms with E-state index in [1.807, 2.05) is 25.1 Å². The van der Waals surface area contributed by atoms with E-state index in [2.05, 4.69) is 0 Å². The Kier molecular flexibility index (Phi) is 4.75. The quantitative estimate of drug-likeness (QED) is 0.529. The van der Waals surface area contributed by atoms with Crippen molar-refractivity contribution in [3.8, 4) is 0 Å². The number of aryl methyl sites for hydroxylation is 1. The summed E-state index contributed by atoms with van der Waals surface area (Å²) < 4.78 is 33.5. The Balaban J connectivity index is 0.00000144. The van der Waals surface area contributed by atoms with Crippen LogP contribution in [0.3, 0.4) is 0 Å². The van der Waals surface area contributed by atoms with Crippen molar-refractivity contribution in [1.29, 1.82) is 0 Å². The maximum absolute atomic E-state index is 11.2. The standard InChI is InChI=1S/C12H12O3S.Na/c1-2-9-7-10-5-3-4-6-11(10)12(8-9)16(13,14)15;/h3-8H,2H2,1H3,(H,13,14,15);/q;+1/p-1. The molecule has 84 valence electrons. The van der Waals surface area contributed by atoms with Gasteiger partial charge < -0.3 is 4.55 Å². The van der Waals surface area contributed by atoms with Crippen LogP contribution >= 0.6 is 0 Å². The van der Waals surface area contributed by atoms with Crippen molar-refractivity contribution in [3.63, 3.8) is 0 Å². The Morgan fingerprint density at radius 1 is 1.18 bits per heavy atom. The Labute approximate surface area is 123 Å². The first kappa shape index (κ1) is 14.7. The molecule has 2 rings (SSSR count). The van der Waals surface area contributed by atoms with E-state index in [1.165, 1.54) is 6.07 Å². The van der Waals surface area contributed by atoms with Crippen LogP contribution in [0.4, 0.5) is 0 Å². The maximum Gasteiger partial charge on any atom is 1.00 e. The summed E-state index contributed by atoms with van der Waals surface area (Å²) in [6, 6.07) is 10.4. The minimum absolute atomic E-state index is 0. The monoisotopic (exact) mass is 258 g/mol. The predicted octanol–water partition coefficient (Wildman–Crippen LogP) is -0.690. The largest absolute Gasteiger partial charge is 1.00 e. The third-order valence-corrected chi connectivity index (χ3v) is 3.44. The van der Waals surface area contributed by atoms with Crippen LogP contribution in [0.15, 0.2) is 41.3 Å². The molecule has 0 spiro atoms. The van der Waals surface area contributed by atoms with Crippen LogP contribution in [0.5, 0.6) is 0 Å². The van der Waals surface area contributed by atoms with Crippen LogP contribution in [0.2, 0.25) is 0 Å². The second kappa shape index (κ2) is 5.50. The molecule has 0 atom stereocenters. The van der Waals surface area contributed by atoms with Crippen molar-refractivity contribution in [2.24, 2.45) is 0 Å². The number of hydrogen-bond acceptors (Lipinski definition) is 3. The molecule has 2 aromatic carbocycles. The Bertz CT molecular complexity index is 635. The van der Waals surface area contributed by atoms with E-state index in [9.17, 15) is 13.0 Å². The van der Waals surface area contributed by atoms with E-state index in [-0.39, 0.29) is 34.5 Å². The minimum atomic E-state index is -4.41. The fourth-order valence-electron chi connectivity index (χ4n) is 1.75. The molecule has 17 heavy (non-hydrogen) atoms. The molecular weight excluding hydrogens is 247 g/mol. The predicted molar refractivity (Wildman–Crippen MR) is 61.3 cm³/mol. The van der Waals surface area contributed by atoms with Crippen LogP contribution in [-0.4, -0.2) is 13.0 Å². The first-order valence-corrected chi connectivity index (χ1v) is 6.41. The Morgan fingerprint density at radius 2 is 1.82 bits per heavy atom. The van der Waals surface area contributed by atoms with Gasteiger partial charge >= 0.3 is 29.6 Å². The van der Waals surface area contributed by atoms with Gasteiger partial charge in [0.05, 0.1) is 4.90 Å². The number of benzene rings is 2. The Hall–Kier alpha value is -0.390. The maximum atomic E-state index is 11.2. The minimum Gasteiger partial charge on any atom is -0.744 e. The van der Waals surface area contributed by atoms with E-state index in [4.69, 9.17) is 0 Å². The summed E-state index contributed by atoms with van der Waals surface area (Å²) in [5, 5.41) is 1.28. The van der Waals surface area contributed by atoms with Crippen molar-refractivity contribution < 1.29 is 42.5 Å². The number of fused-ring (bicyclic) bond motifs is 1. The van der Waals surface area contributed by atoms with Crippen LogP contribution in [0.25, 0.3) is 10.8 Å². The van der Waals surface area contributed by atoms with Crippen LogP contribution < -0.4 is 29.6 Å². The zero-order chi connectivity index (χ0) is 11.8. The SMILES string of the molecule is CCc1cc(S(=O)(=O)[O-])c2ccccc2c1.[Na+]. The van der Waals surface area contributed by atoms with Gasteiger partial charge in [0.2, 0.25) is 0 Å². The normalized spacial score (nSPS) is 11.2. The average Bonchev–Trinajstić information content (AvgIpc) is 2.26. The van der Waals surface area contributed by atoms with E-state index in [0.717, 1.165) is 10.9 Å². The molecule has 2 aromatic rings. The van der Waals surface area contributed by atoms with E-state index >= 15 is 0 Å².